The number of hydrogen-bond donors (Lipinski definition) is 1. The van der Waals surface area contributed by atoms with E-state index in [2.05, 4.69) is 0 Å². The van der Waals surface area contributed by atoms with E-state index >= 15 is 0 Å². The quantitative estimate of drug-likeness (QED) is 0.786. The lowest BCUT2D eigenvalue weighted by Crippen LogP contribution is -2.12. The van der Waals surface area contributed by atoms with E-state index in [4.69, 9.17) is 10.4 Å². The highest BCUT2D eigenvalue weighted by Crippen LogP contribution is 2.09. The summed E-state index contributed by atoms with van der Waals surface area (Å²) in [6, 6.07) is 11.3. The zero-order valence-electron chi connectivity index (χ0n) is 7.68. The molecule has 0 aromatic heterocycles. The van der Waals surface area contributed by atoms with Gasteiger partial charge in [0.25, 0.3) is 0 Å². The maximum Gasteiger partial charge on any atom is 0.320 e. The van der Waals surface area contributed by atoms with Crippen LogP contribution < -0.4 is 0 Å². The van der Waals surface area contributed by atoms with Gasteiger partial charge in [-0.15, -0.1) is 0 Å². The van der Waals surface area contributed by atoms with Crippen LogP contribution in [0.25, 0.3) is 0 Å². The summed E-state index contributed by atoms with van der Waals surface area (Å²) in [6.45, 7) is 0. The van der Waals surface area contributed by atoms with E-state index in [0.717, 1.165) is 5.56 Å². The van der Waals surface area contributed by atoms with Crippen LogP contribution in [0.2, 0.25) is 0 Å². The van der Waals surface area contributed by atoms with Crippen LogP contribution in [0.5, 0.6) is 0 Å². The lowest BCUT2D eigenvalue weighted by atomic mass is 10.0. The van der Waals surface area contributed by atoms with Crippen LogP contribution in [0.3, 0.4) is 0 Å². The van der Waals surface area contributed by atoms with E-state index in [0.29, 0.717) is 12.8 Å². The van der Waals surface area contributed by atoms with E-state index < -0.39 is 11.9 Å². The molecule has 0 bridgehead atoms. The van der Waals surface area contributed by atoms with E-state index in [1.807, 2.05) is 30.3 Å². The van der Waals surface area contributed by atoms with Crippen molar-refractivity contribution in [3.05, 3.63) is 35.9 Å². The molecule has 0 saturated carbocycles. The van der Waals surface area contributed by atoms with Crippen molar-refractivity contribution in [2.45, 2.75) is 12.8 Å². The van der Waals surface area contributed by atoms with Gasteiger partial charge in [-0.05, 0) is 18.4 Å². The average Bonchev–Trinajstić information content (AvgIpc) is 2.20. The second-order valence-electron chi connectivity index (χ2n) is 3.04. The van der Waals surface area contributed by atoms with E-state index in [1.165, 1.54) is 0 Å². The number of carbonyl (C=O) groups is 1. The molecule has 1 unspecified atom stereocenters. The van der Waals surface area contributed by atoms with E-state index in [1.54, 1.807) is 6.07 Å². The SMILES string of the molecule is N#CC(CCc1ccccc1)C(=O)O. The molecule has 0 fully saturated rings. The predicted octanol–water partition coefficient (Wildman–Crippen LogP) is 1.84. The van der Waals surface area contributed by atoms with E-state index in [-0.39, 0.29) is 0 Å². The second kappa shape index (κ2) is 5.03. The highest BCUT2D eigenvalue weighted by Gasteiger charge is 2.15. The van der Waals surface area contributed by atoms with Gasteiger partial charge in [0.05, 0.1) is 6.07 Å². The Morgan fingerprint density at radius 2 is 2.07 bits per heavy atom. The van der Waals surface area contributed by atoms with Crippen molar-refractivity contribution in [1.82, 2.24) is 0 Å². The van der Waals surface area contributed by atoms with Crippen molar-refractivity contribution in [3.8, 4) is 6.07 Å². The second-order valence-corrected chi connectivity index (χ2v) is 3.04. The molecule has 72 valence electrons. The van der Waals surface area contributed by atoms with Gasteiger partial charge in [-0.1, -0.05) is 30.3 Å². The number of nitrogens with zero attached hydrogens (tertiary/aromatic N) is 1. The Kier molecular flexibility index (Phi) is 3.69. The van der Waals surface area contributed by atoms with Crippen molar-refractivity contribution >= 4 is 5.97 Å². The number of benzene rings is 1. The number of hydrogen-bond acceptors (Lipinski definition) is 2. The third-order valence-electron chi connectivity index (χ3n) is 2.02. The predicted molar refractivity (Wildman–Crippen MR) is 51.5 cm³/mol. The molecule has 0 aliphatic carbocycles. The Morgan fingerprint density at radius 1 is 1.43 bits per heavy atom. The highest BCUT2D eigenvalue weighted by atomic mass is 16.4. The molecule has 1 rings (SSSR count). The Hall–Kier alpha value is -1.82. The molecule has 1 atom stereocenters. The van der Waals surface area contributed by atoms with Gasteiger partial charge in [0.15, 0.2) is 0 Å². The first-order valence-corrected chi connectivity index (χ1v) is 4.40. The summed E-state index contributed by atoms with van der Waals surface area (Å²) >= 11 is 0. The molecule has 3 heteroatoms. The molecule has 0 aliphatic rings. The summed E-state index contributed by atoms with van der Waals surface area (Å²) in [7, 11) is 0. The number of carboxylic acid groups (broad SMARTS) is 1. The number of rotatable bonds is 4. The maximum atomic E-state index is 10.5. The lowest BCUT2D eigenvalue weighted by molar-refractivity contribution is -0.139. The molecule has 0 heterocycles. The van der Waals surface area contributed by atoms with Crippen LogP contribution in [0, 0.1) is 17.2 Å². The zero-order valence-corrected chi connectivity index (χ0v) is 7.68. The summed E-state index contributed by atoms with van der Waals surface area (Å²) < 4.78 is 0. The van der Waals surface area contributed by atoms with Gasteiger partial charge in [0.1, 0.15) is 5.92 Å². The van der Waals surface area contributed by atoms with Crippen LogP contribution in [-0.4, -0.2) is 11.1 Å². The maximum absolute atomic E-state index is 10.5. The van der Waals surface area contributed by atoms with Crippen LogP contribution >= 0.6 is 0 Å². The minimum atomic E-state index is -1.04. The van der Waals surface area contributed by atoms with Gasteiger partial charge in [0.2, 0.25) is 0 Å². The number of aryl methyl sites for hydroxylation is 1. The fourth-order valence-corrected chi connectivity index (χ4v) is 1.20. The van der Waals surface area contributed by atoms with Crippen molar-refractivity contribution < 1.29 is 9.90 Å². The molecule has 1 aromatic rings. The van der Waals surface area contributed by atoms with Gasteiger partial charge in [-0.2, -0.15) is 5.26 Å². The molecule has 0 amide bonds. The normalized spacial score (nSPS) is 11.6. The van der Waals surface area contributed by atoms with Gasteiger partial charge in [0, 0.05) is 0 Å². The Labute approximate surface area is 82.6 Å². The van der Waals surface area contributed by atoms with Gasteiger partial charge < -0.3 is 5.11 Å². The van der Waals surface area contributed by atoms with Gasteiger partial charge >= 0.3 is 5.97 Å². The van der Waals surface area contributed by atoms with E-state index in [9.17, 15) is 4.79 Å². The fraction of sp³-hybridized carbons (Fsp3) is 0.273. The van der Waals surface area contributed by atoms with Crippen molar-refractivity contribution in [3.63, 3.8) is 0 Å². The Morgan fingerprint density at radius 3 is 2.57 bits per heavy atom. The third kappa shape index (κ3) is 2.91. The number of nitriles is 1. The first-order valence-electron chi connectivity index (χ1n) is 4.40. The molecule has 1 N–H and O–H groups in total. The zero-order chi connectivity index (χ0) is 10.4. The molecule has 0 radical (unpaired) electrons. The van der Waals surface area contributed by atoms with Gasteiger partial charge in [-0.3, -0.25) is 4.79 Å². The summed E-state index contributed by atoms with van der Waals surface area (Å²) in [5, 5.41) is 17.2. The fourth-order valence-electron chi connectivity index (χ4n) is 1.20. The first-order chi connectivity index (χ1) is 6.74. The summed E-state index contributed by atoms with van der Waals surface area (Å²) in [6.07, 6.45) is 1.00. The summed E-state index contributed by atoms with van der Waals surface area (Å²) in [5.74, 6) is -1.93. The van der Waals surface area contributed by atoms with Crippen LogP contribution in [0.15, 0.2) is 30.3 Å². The minimum absolute atomic E-state index is 0.371. The molecule has 14 heavy (non-hydrogen) atoms. The number of aliphatic carboxylic acids is 1. The molecule has 3 nitrogen and oxygen atoms in total. The van der Waals surface area contributed by atoms with Crippen LogP contribution in [-0.2, 0) is 11.2 Å². The minimum Gasteiger partial charge on any atom is -0.480 e. The summed E-state index contributed by atoms with van der Waals surface area (Å²) in [5.41, 5.74) is 1.06. The van der Waals surface area contributed by atoms with Crippen molar-refractivity contribution in [2.24, 2.45) is 5.92 Å². The largest absolute Gasteiger partial charge is 0.480 e. The monoisotopic (exact) mass is 189 g/mol. The van der Waals surface area contributed by atoms with Crippen LogP contribution in [0.1, 0.15) is 12.0 Å². The van der Waals surface area contributed by atoms with Crippen LogP contribution in [0.4, 0.5) is 0 Å². The molecule has 0 saturated heterocycles. The number of carboxylic acids is 1. The Balaban J connectivity index is 2.49. The lowest BCUT2D eigenvalue weighted by Gasteiger charge is -2.03. The molecular weight excluding hydrogens is 178 g/mol. The van der Waals surface area contributed by atoms with Gasteiger partial charge in [-0.25, -0.2) is 0 Å². The van der Waals surface area contributed by atoms with Crippen molar-refractivity contribution in [2.75, 3.05) is 0 Å². The first kappa shape index (κ1) is 10.3. The topological polar surface area (TPSA) is 61.1 Å². The molecule has 1 aromatic carbocycles. The molecular formula is C11H11NO2. The molecule has 0 spiro atoms. The average molecular weight is 189 g/mol. The Bertz CT molecular complexity index is 340. The molecule has 0 aliphatic heterocycles. The smallest absolute Gasteiger partial charge is 0.320 e. The standard InChI is InChI=1S/C11H11NO2/c12-8-10(11(13)14)7-6-9-4-2-1-3-5-9/h1-5,10H,6-7H2,(H,13,14). The third-order valence-corrected chi connectivity index (χ3v) is 2.02. The van der Waals surface area contributed by atoms with Crippen molar-refractivity contribution in [1.29, 1.82) is 5.26 Å². The highest BCUT2D eigenvalue weighted by molar-refractivity contribution is 5.72. The summed E-state index contributed by atoms with van der Waals surface area (Å²) in [4.78, 5) is 10.5.